The van der Waals surface area contributed by atoms with Gasteiger partial charge in [0.2, 0.25) is 0 Å². The number of thiophene rings is 1. The molecule has 0 aliphatic carbocycles. The molecule has 1 aromatic carbocycles. The number of hydrogen-bond acceptors (Lipinski definition) is 7. The maximum absolute atomic E-state index is 12.3. The van der Waals surface area contributed by atoms with E-state index in [-0.39, 0.29) is 5.56 Å². The van der Waals surface area contributed by atoms with E-state index in [4.69, 9.17) is 9.47 Å². The summed E-state index contributed by atoms with van der Waals surface area (Å²) >= 11 is 1.55. The van der Waals surface area contributed by atoms with Crippen molar-refractivity contribution in [2.45, 2.75) is 6.92 Å². The van der Waals surface area contributed by atoms with Gasteiger partial charge in [0.25, 0.3) is 5.91 Å². The van der Waals surface area contributed by atoms with Crippen molar-refractivity contribution in [2.75, 3.05) is 19.0 Å². The van der Waals surface area contributed by atoms with Crippen LogP contribution in [0.15, 0.2) is 53.9 Å². The normalized spacial score (nSPS) is 10.2. The molecule has 2 heterocycles. The lowest BCUT2D eigenvalue weighted by Crippen LogP contribution is -2.37. The Kier molecular flexibility index (Phi) is 6.76. The number of esters is 1. The minimum absolute atomic E-state index is 0.255. The van der Waals surface area contributed by atoms with Crippen molar-refractivity contribution in [3.8, 4) is 16.3 Å². The highest BCUT2D eigenvalue weighted by atomic mass is 32.1. The number of nitrogens with zero attached hydrogens (tertiary/aromatic N) is 1. The van der Waals surface area contributed by atoms with Gasteiger partial charge < -0.3 is 14.8 Å². The highest BCUT2D eigenvalue weighted by Gasteiger charge is 2.16. The zero-order chi connectivity index (χ0) is 21.5. The van der Waals surface area contributed by atoms with Crippen molar-refractivity contribution in [3.63, 3.8) is 0 Å². The van der Waals surface area contributed by atoms with E-state index in [2.05, 4.69) is 15.6 Å². The van der Waals surface area contributed by atoms with Crippen molar-refractivity contribution in [1.82, 2.24) is 10.3 Å². The predicted molar refractivity (Wildman–Crippen MR) is 113 cm³/mol. The van der Waals surface area contributed by atoms with Gasteiger partial charge in [0, 0.05) is 5.69 Å². The molecule has 9 heteroatoms. The Hall–Kier alpha value is -3.72. The summed E-state index contributed by atoms with van der Waals surface area (Å²) in [6.45, 7) is 1.09. The van der Waals surface area contributed by atoms with Crippen LogP contribution in [0.25, 0.3) is 10.6 Å². The van der Waals surface area contributed by atoms with E-state index in [0.717, 1.165) is 10.6 Å². The second kappa shape index (κ2) is 9.66. The third-order valence-corrected chi connectivity index (χ3v) is 4.91. The Morgan fingerprint density at radius 1 is 1.07 bits per heavy atom. The van der Waals surface area contributed by atoms with Crippen molar-refractivity contribution in [2.24, 2.45) is 0 Å². The van der Waals surface area contributed by atoms with E-state index in [1.807, 2.05) is 17.5 Å². The van der Waals surface area contributed by atoms with Crippen LogP contribution >= 0.6 is 11.3 Å². The van der Waals surface area contributed by atoms with Crippen molar-refractivity contribution in [1.29, 1.82) is 0 Å². The summed E-state index contributed by atoms with van der Waals surface area (Å²) in [5.74, 6) is -0.809. The summed E-state index contributed by atoms with van der Waals surface area (Å²) in [6, 6.07) is 13.0. The minimum Gasteiger partial charge on any atom is -0.497 e. The van der Waals surface area contributed by atoms with Crippen molar-refractivity contribution in [3.05, 3.63) is 65.2 Å². The number of hydrogen-bond donors (Lipinski definition) is 2. The fraction of sp³-hybridized carbons (Fsp3) is 0.143. The molecular formula is C21H19N3O5S. The van der Waals surface area contributed by atoms with Gasteiger partial charge in [-0.2, -0.15) is 0 Å². The topological polar surface area (TPSA) is 107 Å². The molecule has 0 unspecified atom stereocenters. The molecule has 2 aromatic heterocycles. The molecule has 8 nitrogen and oxygen atoms in total. The monoisotopic (exact) mass is 425 g/mol. The van der Waals surface area contributed by atoms with Gasteiger partial charge in [-0.3, -0.25) is 15.1 Å². The quantitative estimate of drug-likeness (QED) is 0.584. The number of carbonyl (C=O) groups excluding carboxylic acids is 3. The number of aromatic nitrogens is 1. The van der Waals surface area contributed by atoms with Gasteiger partial charge >= 0.3 is 12.0 Å². The molecule has 0 saturated carbocycles. The summed E-state index contributed by atoms with van der Waals surface area (Å²) in [4.78, 5) is 41.4. The average molecular weight is 425 g/mol. The van der Waals surface area contributed by atoms with Gasteiger partial charge in [0.15, 0.2) is 6.61 Å². The number of rotatable bonds is 6. The summed E-state index contributed by atoms with van der Waals surface area (Å²) in [5.41, 5.74) is 1.98. The predicted octanol–water partition coefficient (Wildman–Crippen LogP) is 3.63. The van der Waals surface area contributed by atoms with Gasteiger partial charge in [-0.05, 0) is 54.8 Å². The molecule has 0 saturated heterocycles. The Morgan fingerprint density at radius 2 is 1.83 bits per heavy atom. The van der Waals surface area contributed by atoms with Crippen LogP contribution in [0.4, 0.5) is 10.5 Å². The second-order valence-corrected chi connectivity index (χ2v) is 7.06. The van der Waals surface area contributed by atoms with Gasteiger partial charge in [-0.1, -0.05) is 6.07 Å². The lowest BCUT2D eigenvalue weighted by molar-refractivity contribution is -0.123. The van der Waals surface area contributed by atoms with Crippen LogP contribution in [0.5, 0.6) is 5.75 Å². The Morgan fingerprint density at radius 3 is 2.47 bits per heavy atom. The van der Waals surface area contributed by atoms with Crippen LogP contribution in [-0.4, -0.2) is 36.6 Å². The second-order valence-electron chi connectivity index (χ2n) is 6.11. The number of imide groups is 1. The summed E-state index contributed by atoms with van der Waals surface area (Å²) < 4.78 is 10.0. The third kappa shape index (κ3) is 5.42. The highest BCUT2D eigenvalue weighted by molar-refractivity contribution is 7.13. The summed E-state index contributed by atoms with van der Waals surface area (Å²) in [5, 5.41) is 6.53. The van der Waals surface area contributed by atoms with E-state index >= 15 is 0 Å². The number of benzene rings is 1. The van der Waals surface area contributed by atoms with Crippen LogP contribution in [0, 0.1) is 6.92 Å². The number of anilines is 1. The first-order chi connectivity index (χ1) is 14.5. The number of nitrogens with one attached hydrogen (secondary N) is 2. The number of ether oxygens (including phenoxy) is 2. The van der Waals surface area contributed by atoms with E-state index in [0.29, 0.717) is 17.1 Å². The lowest BCUT2D eigenvalue weighted by Gasteiger charge is -2.09. The summed E-state index contributed by atoms with van der Waals surface area (Å²) in [7, 11) is 1.53. The van der Waals surface area contributed by atoms with Crippen LogP contribution in [0.3, 0.4) is 0 Å². The van der Waals surface area contributed by atoms with Gasteiger partial charge in [-0.25, -0.2) is 9.59 Å². The minimum atomic E-state index is -0.754. The molecule has 30 heavy (non-hydrogen) atoms. The molecule has 0 fully saturated rings. The lowest BCUT2D eigenvalue weighted by atomic mass is 10.2. The molecule has 0 radical (unpaired) electrons. The van der Waals surface area contributed by atoms with E-state index < -0.39 is 24.5 Å². The van der Waals surface area contributed by atoms with Crippen LogP contribution in [0.2, 0.25) is 0 Å². The van der Waals surface area contributed by atoms with E-state index in [1.165, 1.54) is 7.11 Å². The van der Waals surface area contributed by atoms with Gasteiger partial charge in [0.1, 0.15) is 5.75 Å². The van der Waals surface area contributed by atoms with Crippen LogP contribution in [0.1, 0.15) is 16.1 Å². The number of methoxy groups -OCH3 is 1. The molecular weight excluding hydrogens is 406 g/mol. The molecule has 0 atom stereocenters. The first kappa shape index (κ1) is 21.0. The van der Waals surface area contributed by atoms with Crippen LogP contribution in [-0.2, 0) is 9.53 Å². The smallest absolute Gasteiger partial charge is 0.340 e. The maximum atomic E-state index is 12.3. The van der Waals surface area contributed by atoms with E-state index in [9.17, 15) is 14.4 Å². The number of aryl methyl sites for hydroxylation is 1. The number of pyridine rings is 1. The van der Waals surface area contributed by atoms with E-state index in [1.54, 1.807) is 54.7 Å². The molecule has 3 aromatic rings. The Bertz CT molecular complexity index is 1050. The number of amides is 3. The Labute approximate surface area is 176 Å². The highest BCUT2D eigenvalue weighted by Crippen LogP contribution is 2.24. The molecule has 2 N–H and O–H groups in total. The third-order valence-electron chi connectivity index (χ3n) is 4.01. The molecule has 154 valence electrons. The largest absolute Gasteiger partial charge is 0.497 e. The zero-order valence-electron chi connectivity index (χ0n) is 16.3. The zero-order valence-corrected chi connectivity index (χ0v) is 17.1. The standard InChI is InChI=1S/C21H19N3O5S/c1-13-16(9-10-17(22-13)18-4-3-11-30-18)20(26)29-12-19(25)24-21(27)23-14-5-7-15(28-2)8-6-14/h3-11H,12H2,1-2H3,(H2,23,24,25,27). The number of urea groups is 1. The molecule has 0 aliphatic rings. The van der Waals surface area contributed by atoms with Crippen LogP contribution < -0.4 is 15.4 Å². The summed E-state index contributed by atoms with van der Waals surface area (Å²) in [6.07, 6.45) is 0. The molecule has 0 spiro atoms. The molecule has 0 aliphatic heterocycles. The molecule has 3 amide bonds. The number of carbonyl (C=O) groups is 3. The molecule has 0 bridgehead atoms. The van der Waals surface area contributed by atoms with Crippen molar-refractivity contribution >= 4 is 34.9 Å². The Balaban J connectivity index is 1.50. The first-order valence-corrected chi connectivity index (χ1v) is 9.78. The first-order valence-electron chi connectivity index (χ1n) is 8.90. The van der Waals surface area contributed by atoms with Gasteiger partial charge in [0.05, 0.1) is 28.9 Å². The van der Waals surface area contributed by atoms with Crippen molar-refractivity contribution < 1.29 is 23.9 Å². The van der Waals surface area contributed by atoms with Gasteiger partial charge in [-0.15, -0.1) is 11.3 Å². The average Bonchev–Trinajstić information content (AvgIpc) is 3.27. The molecule has 3 rings (SSSR count). The maximum Gasteiger partial charge on any atom is 0.340 e. The fourth-order valence-corrected chi connectivity index (χ4v) is 3.24. The fourth-order valence-electron chi connectivity index (χ4n) is 2.55. The SMILES string of the molecule is COc1ccc(NC(=O)NC(=O)COC(=O)c2ccc(-c3cccs3)nc2C)cc1.